The third kappa shape index (κ3) is 14.3. The van der Waals surface area contributed by atoms with Gasteiger partial charge in [-0.25, -0.2) is 19.2 Å². The molecule has 9 heteroatoms. The predicted octanol–water partition coefficient (Wildman–Crippen LogP) is 3.94. The SMILES string of the molecule is CC(C)C[C@H](NC(=O)OC(C)(C)C)C(=O)OC(=O)[C@H](CC(C)C)NC(=O)OC(C)(C)C. The van der Waals surface area contributed by atoms with Crippen molar-refractivity contribution in [3.63, 3.8) is 0 Å². The van der Waals surface area contributed by atoms with E-state index in [1.165, 1.54) is 0 Å². The van der Waals surface area contributed by atoms with Gasteiger partial charge < -0.3 is 24.8 Å². The summed E-state index contributed by atoms with van der Waals surface area (Å²) < 4.78 is 15.4. The Kier molecular flexibility index (Phi) is 11.0. The van der Waals surface area contributed by atoms with Crippen molar-refractivity contribution in [2.75, 3.05) is 0 Å². The van der Waals surface area contributed by atoms with Gasteiger partial charge in [-0.2, -0.15) is 0 Å². The molecule has 0 unspecified atom stereocenters. The van der Waals surface area contributed by atoms with Gasteiger partial charge in [-0.05, 0) is 66.2 Å². The molecule has 2 N–H and O–H groups in total. The fourth-order valence-electron chi connectivity index (χ4n) is 2.51. The highest BCUT2D eigenvalue weighted by Gasteiger charge is 2.32. The van der Waals surface area contributed by atoms with Crippen LogP contribution in [0.15, 0.2) is 0 Å². The van der Waals surface area contributed by atoms with Gasteiger partial charge in [0.15, 0.2) is 0 Å². The Morgan fingerprint density at radius 2 is 0.935 bits per heavy atom. The summed E-state index contributed by atoms with van der Waals surface area (Å²) in [5, 5.41) is 4.92. The molecule has 0 spiro atoms. The van der Waals surface area contributed by atoms with Crippen molar-refractivity contribution in [1.29, 1.82) is 0 Å². The normalized spacial score (nSPS) is 13.9. The van der Waals surface area contributed by atoms with E-state index in [-0.39, 0.29) is 24.7 Å². The molecule has 0 rings (SSSR count). The largest absolute Gasteiger partial charge is 0.444 e. The van der Waals surface area contributed by atoms with Gasteiger partial charge in [0.2, 0.25) is 0 Å². The first-order valence-electron chi connectivity index (χ1n) is 10.6. The first-order chi connectivity index (χ1) is 13.9. The molecule has 180 valence electrons. The second kappa shape index (κ2) is 11.9. The van der Waals surface area contributed by atoms with Crippen LogP contribution in [0, 0.1) is 11.8 Å². The molecule has 0 bridgehead atoms. The van der Waals surface area contributed by atoms with Crippen LogP contribution in [-0.2, 0) is 23.8 Å². The number of rotatable bonds is 8. The van der Waals surface area contributed by atoms with E-state index < -0.39 is 47.4 Å². The molecular formula is C22H40N2O7. The number of alkyl carbamates (subject to hydrolysis) is 2. The zero-order valence-corrected chi connectivity index (χ0v) is 20.6. The molecule has 0 radical (unpaired) electrons. The molecule has 0 aliphatic rings. The van der Waals surface area contributed by atoms with Crippen molar-refractivity contribution in [1.82, 2.24) is 10.6 Å². The maximum Gasteiger partial charge on any atom is 0.408 e. The first-order valence-corrected chi connectivity index (χ1v) is 10.6. The second-order valence-electron chi connectivity index (χ2n) is 10.4. The third-order valence-corrected chi connectivity index (χ3v) is 3.57. The minimum atomic E-state index is -1.07. The molecule has 0 aliphatic heterocycles. The maximum absolute atomic E-state index is 12.6. The molecule has 0 aromatic rings. The number of carbonyl (C=O) groups excluding carboxylic acids is 4. The highest BCUT2D eigenvalue weighted by atomic mass is 16.6. The first kappa shape index (κ1) is 28.7. The fourth-order valence-corrected chi connectivity index (χ4v) is 2.51. The van der Waals surface area contributed by atoms with Crippen LogP contribution in [0.4, 0.5) is 9.59 Å². The van der Waals surface area contributed by atoms with Crippen molar-refractivity contribution in [2.24, 2.45) is 11.8 Å². The minimum absolute atomic E-state index is 0.0361. The molecule has 2 amide bonds. The Morgan fingerprint density at radius 3 is 1.16 bits per heavy atom. The standard InChI is InChI=1S/C22H40N2O7/c1-13(2)11-15(23-19(27)30-21(5,6)7)17(25)29-18(26)16(12-14(3)4)24-20(28)31-22(8,9)10/h13-16H,11-12H2,1-10H3,(H,23,27)(H,24,28)/t15-,16-/m0/s1. The molecule has 31 heavy (non-hydrogen) atoms. The van der Waals surface area contributed by atoms with Crippen LogP contribution in [0.25, 0.3) is 0 Å². The molecule has 0 aromatic carbocycles. The van der Waals surface area contributed by atoms with E-state index in [0.717, 1.165) is 0 Å². The van der Waals surface area contributed by atoms with Crippen LogP contribution < -0.4 is 10.6 Å². The fraction of sp³-hybridized carbons (Fsp3) is 0.818. The Hall–Kier alpha value is -2.32. The summed E-state index contributed by atoms with van der Waals surface area (Å²) in [6, 6.07) is -2.14. The monoisotopic (exact) mass is 444 g/mol. The van der Waals surface area contributed by atoms with Crippen molar-refractivity contribution in [2.45, 2.75) is 105 Å². The van der Waals surface area contributed by atoms with Gasteiger partial charge in [-0.15, -0.1) is 0 Å². The molecule has 0 aliphatic carbocycles. The van der Waals surface area contributed by atoms with E-state index in [1.807, 2.05) is 27.7 Å². The third-order valence-electron chi connectivity index (χ3n) is 3.57. The summed E-state index contributed by atoms with van der Waals surface area (Å²) >= 11 is 0. The molecule has 0 heterocycles. The average molecular weight is 445 g/mol. The van der Waals surface area contributed by atoms with E-state index >= 15 is 0 Å². The number of hydrogen-bond acceptors (Lipinski definition) is 7. The molecule has 0 saturated heterocycles. The van der Waals surface area contributed by atoms with Crippen molar-refractivity contribution < 1.29 is 33.4 Å². The van der Waals surface area contributed by atoms with Crippen LogP contribution in [-0.4, -0.2) is 47.4 Å². The van der Waals surface area contributed by atoms with Crippen LogP contribution in [0.1, 0.15) is 82.1 Å². The lowest BCUT2D eigenvalue weighted by atomic mass is 10.0. The summed E-state index contributed by atoms with van der Waals surface area (Å²) in [6.07, 6.45) is -1.07. The molecule has 9 nitrogen and oxygen atoms in total. The van der Waals surface area contributed by atoms with Crippen LogP contribution >= 0.6 is 0 Å². The van der Waals surface area contributed by atoms with Crippen LogP contribution in [0.5, 0.6) is 0 Å². The van der Waals surface area contributed by atoms with E-state index in [9.17, 15) is 19.2 Å². The summed E-state index contributed by atoms with van der Waals surface area (Å²) in [5.41, 5.74) is -1.49. The molecular weight excluding hydrogens is 404 g/mol. The molecule has 0 saturated carbocycles. The Morgan fingerprint density at radius 1 is 0.645 bits per heavy atom. The molecule has 2 atom stereocenters. The van der Waals surface area contributed by atoms with E-state index in [1.54, 1.807) is 41.5 Å². The van der Waals surface area contributed by atoms with Gasteiger partial charge in [-0.1, -0.05) is 27.7 Å². The van der Waals surface area contributed by atoms with E-state index in [0.29, 0.717) is 0 Å². The Balaban J connectivity index is 5.28. The summed E-state index contributed by atoms with van der Waals surface area (Å²) in [4.78, 5) is 49.5. The van der Waals surface area contributed by atoms with Crippen molar-refractivity contribution in [3.05, 3.63) is 0 Å². The van der Waals surface area contributed by atoms with Crippen LogP contribution in [0.2, 0.25) is 0 Å². The number of ether oxygens (including phenoxy) is 3. The summed E-state index contributed by atoms with van der Waals surface area (Å²) in [7, 11) is 0. The highest BCUT2D eigenvalue weighted by Crippen LogP contribution is 2.13. The van der Waals surface area contributed by atoms with Crippen molar-refractivity contribution in [3.8, 4) is 0 Å². The zero-order valence-electron chi connectivity index (χ0n) is 20.6. The second-order valence-corrected chi connectivity index (χ2v) is 10.4. The smallest absolute Gasteiger partial charge is 0.408 e. The summed E-state index contributed by atoms with van der Waals surface area (Å²) in [5.74, 6) is -1.75. The number of hydrogen-bond donors (Lipinski definition) is 2. The minimum Gasteiger partial charge on any atom is -0.444 e. The average Bonchev–Trinajstić information content (AvgIpc) is 2.48. The number of nitrogens with one attached hydrogen (secondary N) is 2. The van der Waals surface area contributed by atoms with Gasteiger partial charge in [0.05, 0.1) is 0 Å². The Bertz CT molecular complexity index is 577. The van der Waals surface area contributed by atoms with Gasteiger partial charge in [0.25, 0.3) is 0 Å². The van der Waals surface area contributed by atoms with Gasteiger partial charge in [-0.3, -0.25) is 0 Å². The van der Waals surface area contributed by atoms with Gasteiger partial charge in [0.1, 0.15) is 23.3 Å². The van der Waals surface area contributed by atoms with Gasteiger partial charge >= 0.3 is 24.1 Å². The highest BCUT2D eigenvalue weighted by molar-refractivity contribution is 5.93. The van der Waals surface area contributed by atoms with Crippen molar-refractivity contribution >= 4 is 24.1 Å². The number of esters is 2. The quantitative estimate of drug-likeness (QED) is 0.330. The number of carbonyl (C=O) groups is 4. The van der Waals surface area contributed by atoms with E-state index in [2.05, 4.69) is 10.6 Å². The lowest BCUT2D eigenvalue weighted by molar-refractivity contribution is -0.163. The predicted molar refractivity (Wildman–Crippen MR) is 116 cm³/mol. The lowest BCUT2D eigenvalue weighted by Crippen LogP contribution is -2.49. The zero-order chi connectivity index (χ0) is 24.6. The molecule has 0 fully saturated rings. The molecule has 0 aromatic heterocycles. The van der Waals surface area contributed by atoms with Crippen LogP contribution in [0.3, 0.4) is 0 Å². The Labute approximate surface area is 185 Å². The number of amides is 2. The topological polar surface area (TPSA) is 120 Å². The maximum atomic E-state index is 12.6. The lowest BCUT2D eigenvalue weighted by Gasteiger charge is -2.25. The summed E-state index contributed by atoms with van der Waals surface area (Å²) in [6.45, 7) is 17.7. The van der Waals surface area contributed by atoms with E-state index in [4.69, 9.17) is 14.2 Å². The van der Waals surface area contributed by atoms with Gasteiger partial charge in [0, 0.05) is 0 Å².